The summed E-state index contributed by atoms with van der Waals surface area (Å²) in [6, 6.07) is 6.38. The Morgan fingerprint density at radius 2 is 2.12 bits per heavy atom. The Hall–Kier alpha value is -2.50. The minimum Gasteiger partial charge on any atom is -0.478 e. The van der Waals surface area contributed by atoms with E-state index < -0.39 is 5.97 Å². The van der Waals surface area contributed by atoms with Gasteiger partial charge in [-0.15, -0.1) is 10.2 Å². The van der Waals surface area contributed by atoms with Crippen molar-refractivity contribution in [2.75, 3.05) is 0 Å². The predicted octanol–water partition coefficient (Wildman–Crippen LogP) is 2.52. The largest absolute Gasteiger partial charge is 0.478 e. The summed E-state index contributed by atoms with van der Waals surface area (Å²) in [5.74, 6) is -0.700. The molecular formula is C10H8N4O2. The Bertz CT molecular complexity index is 519. The first kappa shape index (κ1) is 10.0. The van der Waals surface area contributed by atoms with E-state index in [9.17, 15) is 4.79 Å². The molecule has 1 aromatic heterocycles. The third-order valence-electron chi connectivity index (χ3n) is 1.87. The first-order chi connectivity index (χ1) is 7.77. The number of nitrogens with one attached hydrogen (secondary N) is 1. The van der Waals surface area contributed by atoms with Gasteiger partial charge in [-0.1, -0.05) is 12.1 Å². The van der Waals surface area contributed by atoms with E-state index in [1.165, 1.54) is 12.3 Å². The molecular weight excluding hydrogens is 208 g/mol. The highest BCUT2D eigenvalue weighted by molar-refractivity contribution is 5.93. The zero-order valence-electron chi connectivity index (χ0n) is 8.16. The molecule has 2 rings (SSSR count). The minimum atomic E-state index is -1.03. The van der Waals surface area contributed by atoms with Gasteiger partial charge in [0.2, 0.25) is 5.95 Å². The van der Waals surface area contributed by atoms with Crippen LogP contribution in [0.25, 0.3) is 0 Å². The molecule has 80 valence electrons. The lowest BCUT2D eigenvalue weighted by Crippen LogP contribution is -1.95. The first-order valence-electron chi connectivity index (χ1n) is 4.51. The van der Waals surface area contributed by atoms with Crippen LogP contribution in [0.15, 0.2) is 46.9 Å². The third kappa shape index (κ3) is 2.11. The van der Waals surface area contributed by atoms with Crippen LogP contribution in [0.1, 0.15) is 10.4 Å². The molecule has 1 aromatic carbocycles. The molecule has 0 aliphatic heterocycles. The van der Waals surface area contributed by atoms with E-state index in [2.05, 4.69) is 20.2 Å². The fraction of sp³-hybridized carbons (Fsp3) is 0. The molecule has 16 heavy (non-hydrogen) atoms. The number of hydrogen-bond acceptors (Lipinski definition) is 4. The highest BCUT2D eigenvalue weighted by Gasteiger charge is 2.07. The molecule has 0 amide bonds. The third-order valence-corrected chi connectivity index (χ3v) is 1.87. The number of aromatic carboxylic acids is 1. The van der Waals surface area contributed by atoms with Crippen molar-refractivity contribution in [1.82, 2.24) is 9.97 Å². The number of carboxylic acids is 1. The lowest BCUT2D eigenvalue weighted by molar-refractivity contribution is 0.0698. The molecule has 0 saturated carbocycles. The van der Waals surface area contributed by atoms with Crippen LogP contribution in [0, 0.1) is 0 Å². The Morgan fingerprint density at radius 1 is 1.31 bits per heavy atom. The Morgan fingerprint density at radius 3 is 2.81 bits per heavy atom. The standard InChI is InChI=1S/C10H8N4O2/c15-9(16)7-3-1-2-4-8(7)13-14-10-11-5-6-12-10/h1-6H,(H,11,12)(H,15,16). The van der Waals surface area contributed by atoms with Crippen LogP contribution in [-0.4, -0.2) is 21.0 Å². The number of rotatable bonds is 3. The van der Waals surface area contributed by atoms with Crippen molar-refractivity contribution in [3.63, 3.8) is 0 Å². The number of imidazole rings is 1. The lowest BCUT2D eigenvalue weighted by Gasteiger charge is -1.97. The second kappa shape index (κ2) is 4.35. The van der Waals surface area contributed by atoms with Crippen molar-refractivity contribution in [3.05, 3.63) is 42.2 Å². The summed E-state index contributed by atoms with van der Waals surface area (Å²) in [6.07, 6.45) is 3.15. The van der Waals surface area contributed by atoms with Crippen molar-refractivity contribution in [2.45, 2.75) is 0 Å². The fourth-order valence-electron chi connectivity index (χ4n) is 1.15. The average Bonchev–Trinajstić information content (AvgIpc) is 2.79. The Kier molecular flexibility index (Phi) is 2.73. The normalized spacial score (nSPS) is 10.8. The first-order valence-corrected chi connectivity index (χ1v) is 4.51. The molecule has 0 atom stereocenters. The van der Waals surface area contributed by atoms with Gasteiger partial charge in [0.25, 0.3) is 0 Å². The van der Waals surface area contributed by atoms with Gasteiger partial charge in [0.1, 0.15) is 5.69 Å². The van der Waals surface area contributed by atoms with E-state index in [0.29, 0.717) is 11.6 Å². The van der Waals surface area contributed by atoms with E-state index in [0.717, 1.165) is 0 Å². The van der Waals surface area contributed by atoms with Gasteiger partial charge in [0.05, 0.1) is 5.56 Å². The number of benzene rings is 1. The molecule has 6 nitrogen and oxygen atoms in total. The number of carbonyl (C=O) groups is 1. The van der Waals surface area contributed by atoms with Gasteiger partial charge in [-0.25, -0.2) is 9.78 Å². The summed E-state index contributed by atoms with van der Waals surface area (Å²) in [7, 11) is 0. The molecule has 0 aliphatic carbocycles. The predicted molar refractivity (Wildman–Crippen MR) is 56.2 cm³/mol. The van der Waals surface area contributed by atoms with E-state index >= 15 is 0 Å². The quantitative estimate of drug-likeness (QED) is 0.772. The molecule has 6 heteroatoms. The molecule has 2 aromatic rings. The second-order valence-corrected chi connectivity index (χ2v) is 2.94. The maximum atomic E-state index is 10.9. The minimum absolute atomic E-state index is 0.109. The molecule has 0 unspecified atom stereocenters. The molecule has 1 heterocycles. The van der Waals surface area contributed by atoms with E-state index in [1.54, 1.807) is 24.4 Å². The van der Waals surface area contributed by atoms with Crippen LogP contribution in [0.3, 0.4) is 0 Å². The molecule has 0 saturated heterocycles. The number of aromatic nitrogens is 2. The number of H-pyrrole nitrogens is 1. The number of hydrogen-bond donors (Lipinski definition) is 2. The van der Waals surface area contributed by atoms with Crippen molar-refractivity contribution >= 4 is 17.6 Å². The SMILES string of the molecule is O=C(O)c1ccccc1N=Nc1ncc[nH]1. The number of aromatic amines is 1. The van der Waals surface area contributed by atoms with Crippen molar-refractivity contribution in [1.29, 1.82) is 0 Å². The Balaban J connectivity index is 2.31. The number of azo groups is 1. The monoisotopic (exact) mass is 216 g/mol. The summed E-state index contributed by atoms with van der Waals surface area (Å²) in [5, 5.41) is 16.5. The summed E-state index contributed by atoms with van der Waals surface area (Å²) < 4.78 is 0. The lowest BCUT2D eigenvalue weighted by atomic mass is 10.2. The van der Waals surface area contributed by atoms with Gasteiger partial charge >= 0.3 is 5.97 Å². The van der Waals surface area contributed by atoms with Crippen molar-refractivity contribution in [2.24, 2.45) is 10.2 Å². The molecule has 0 fully saturated rings. The van der Waals surface area contributed by atoms with Gasteiger partial charge < -0.3 is 10.1 Å². The highest BCUT2D eigenvalue weighted by Crippen LogP contribution is 2.20. The van der Waals surface area contributed by atoms with E-state index in [-0.39, 0.29) is 5.56 Å². The maximum absolute atomic E-state index is 10.9. The average molecular weight is 216 g/mol. The number of carboxylic acid groups (broad SMARTS) is 1. The topological polar surface area (TPSA) is 90.7 Å². The van der Waals surface area contributed by atoms with Gasteiger partial charge in [-0.2, -0.15) is 0 Å². The second-order valence-electron chi connectivity index (χ2n) is 2.94. The summed E-state index contributed by atoms with van der Waals surface area (Å²) in [5.41, 5.74) is 0.407. The van der Waals surface area contributed by atoms with Crippen molar-refractivity contribution in [3.8, 4) is 0 Å². The zero-order chi connectivity index (χ0) is 11.4. The van der Waals surface area contributed by atoms with Crippen LogP contribution >= 0.6 is 0 Å². The van der Waals surface area contributed by atoms with Gasteiger partial charge in [0, 0.05) is 12.4 Å². The summed E-state index contributed by atoms with van der Waals surface area (Å²) in [4.78, 5) is 17.4. The highest BCUT2D eigenvalue weighted by atomic mass is 16.4. The smallest absolute Gasteiger partial charge is 0.337 e. The number of nitrogens with zero attached hydrogens (tertiary/aromatic N) is 3. The van der Waals surface area contributed by atoms with Crippen LogP contribution in [0.4, 0.5) is 11.6 Å². The van der Waals surface area contributed by atoms with Gasteiger partial charge in [-0.05, 0) is 12.1 Å². The molecule has 2 N–H and O–H groups in total. The zero-order valence-corrected chi connectivity index (χ0v) is 8.16. The fourth-order valence-corrected chi connectivity index (χ4v) is 1.15. The van der Waals surface area contributed by atoms with Crippen molar-refractivity contribution < 1.29 is 9.90 Å². The molecule has 0 aliphatic rings. The molecule has 0 radical (unpaired) electrons. The van der Waals surface area contributed by atoms with E-state index in [1.807, 2.05) is 0 Å². The molecule has 0 bridgehead atoms. The van der Waals surface area contributed by atoms with Crippen LogP contribution in [0.2, 0.25) is 0 Å². The molecule has 0 spiro atoms. The van der Waals surface area contributed by atoms with E-state index in [4.69, 9.17) is 5.11 Å². The summed E-state index contributed by atoms with van der Waals surface area (Å²) in [6.45, 7) is 0. The van der Waals surface area contributed by atoms with Gasteiger partial charge in [-0.3, -0.25) is 0 Å². The van der Waals surface area contributed by atoms with Crippen LogP contribution in [-0.2, 0) is 0 Å². The van der Waals surface area contributed by atoms with Gasteiger partial charge in [0.15, 0.2) is 0 Å². The maximum Gasteiger partial charge on any atom is 0.337 e. The summed E-state index contributed by atoms with van der Waals surface area (Å²) >= 11 is 0. The van der Waals surface area contributed by atoms with Crippen LogP contribution < -0.4 is 0 Å². The Labute approximate surface area is 90.7 Å². The van der Waals surface area contributed by atoms with Crippen LogP contribution in [0.5, 0.6) is 0 Å².